The number of nitrogens with zero attached hydrogens (tertiary/aromatic N) is 6. The topological polar surface area (TPSA) is 99.5 Å². The lowest BCUT2D eigenvalue weighted by molar-refractivity contribution is 0.115. The second-order valence-corrected chi connectivity index (χ2v) is 7.11. The molecular formula is C18H29N7O3. The van der Waals surface area contributed by atoms with E-state index in [-0.39, 0.29) is 6.03 Å². The highest BCUT2D eigenvalue weighted by molar-refractivity contribution is 5.74. The van der Waals surface area contributed by atoms with Gasteiger partial charge in [0, 0.05) is 66.3 Å². The molecule has 1 N–H and O–H groups in total. The predicted octanol–water partition coefficient (Wildman–Crippen LogP) is -0.418. The van der Waals surface area contributed by atoms with Gasteiger partial charge >= 0.3 is 11.7 Å². The number of hydrogen-bond donors (Lipinski definition) is 1. The first-order valence-corrected chi connectivity index (χ1v) is 9.78. The van der Waals surface area contributed by atoms with Crippen molar-refractivity contribution in [3.8, 4) is 0 Å². The summed E-state index contributed by atoms with van der Waals surface area (Å²) in [5.74, 6) is 0.767. The van der Waals surface area contributed by atoms with Gasteiger partial charge in [-0.3, -0.25) is 19.2 Å². The highest BCUT2D eigenvalue weighted by Gasteiger charge is 2.24. The highest BCUT2D eigenvalue weighted by atomic mass is 16.2. The Kier molecular flexibility index (Phi) is 5.87. The van der Waals surface area contributed by atoms with Crippen molar-refractivity contribution < 1.29 is 4.79 Å². The average Bonchev–Trinajstić information content (AvgIpc) is 3.03. The van der Waals surface area contributed by atoms with Crippen LogP contribution >= 0.6 is 0 Å². The number of aryl methyl sites for hydroxylation is 2. The van der Waals surface area contributed by atoms with Crippen LogP contribution in [-0.2, 0) is 20.5 Å². The van der Waals surface area contributed by atoms with Gasteiger partial charge in [0.05, 0.1) is 0 Å². The maximum Gasteiger partial charge on any atom is 0.329 e. The van der Waals surface area contributed by atoms with Gasteiger partial charge in [0.15, 0.2) is 11.2 Å². The molecular weight excluding hydrogens is 362 g/mol. The van der Waals surface area contributed by atoms with Gasteiger partial charge in [0.25, 0.3) is 5.56 Å². The molecule has 154 valence electrons. The quantitative estimate of drug-likeness (QED) is 0.747. The molecule has 2 aromatic rings. The van der Waals surface area contributed by atoms with E-state index in [0.717, 1.165) is 38.5 Å². The standard InChI is InChI=1S/C18H29N7O3/c1-5-24(6-2)18(28)25-11-9-23(10-12-25)8-7-13-19-15-14(21(13)3)16(26)20-17(27)22(15)4/h5-12H2,1-4H3,(H,20,26,27). The van der Waals surface area contributed by atoms with E-state index >= 15 is 0 Å². The Morgan fingerprint density at radius 2 is 1.71 bits per heavy atom. The molecule has 1 saturated heterocycles. The van der Waals surface area contributed by atoms with Crippen molar-refractivity contribution in [2.24, 2.45) is 14.1 Å². The minimum absolute atomic E-state index is 0.111. The third-order valence-electron chi connectivity index (χ3n) is 5.56. The summed E-state index contributed by atoms with van der Waals surface area (Å²) in [5, 5.41) is 0. The van der Waals surface area contributed by atoms with E-state index in [0.29, 0.717) is 30.7 Å². The van der Waals surface area contributed by atoms with Crippen molar-refractivity contribution in [2.45, 2.75) is 20.3 Å². The van der Waals surface area contributed by atoms with Gasteiger partial charge in [0.1, 0.15) is 5.82 Å². The van der Waals surface area contributed by atoms with Crippen molar-refractivity contribution >= 4 is 17.2 Å². The number of fused-ring (bicyclic) bond motifs is 1. The number of urea groups is 1. The Labute approximate surface area is 163 Å². The van der Waals surface area contributed by atoms with E-state index in [2.05, 4.69) is 14.9 Å². The first-order chi connectivity index (χ1) is 13.4. The van der Waals surface area contributed by atoms with Crippen molar-refractivity contribution in [2.75, 3.05) is 45.8 Å². The van der Waals surface area contributed by atoms with Gasteiger partial charge in [-0.15, -0.1) is 0 Å². The zero-order valence-electron chi connectivity index (χ0n) is 17.1. The first-order valence-electron chi connectivity index (χ1n) is 9.78. The second kappa shape index (κ2) is 8.17. The molecule has 3 heterocycles. The number of carbonyl (C=O) groups excluding carboxylic acids is 1. The Morgan fingerprint density at radius 3 is 2.32 bits per heavy atom. The molecule has 1 fully saturated rings. The predicted molar refractivity (Wildman–Crippen MR) is 107 cm³/mol. The average molecular weight is 391 g/mol. The van der Waals surface area contributed by atoms with Crippen LogP contribution in [0.5, 0.6) is 0 Å². The van der Waals surface area contributed by atoms with E-state index in [1.807, 2.05) is 23.6 Å². The van der Waals surface area contributed by atoms with Gasteiger partial charge < -0.3 is 14.4 Å². The minimum atomic E-state index is -0.462. The van der Waals surface area contributed by atoms with Crippen LogP contribution < -0.4 is 11.2 Å². The molecule has 10 heteroatoms. The number of nitrogens with one attached hydrogen (secondary N) is 1. The van der Waals surface area contributed by atoms with E-state index in [1.165, 1.54) is 4.57 Å². The number of amides is 2. The lowest BCUT2D eigenvalue weighted by Crippen LogP contribution is -2.53. The molecule has 2 aromatic heterocycles. The zero-order chi connectivity index (χ0) is 20.4. The summed E-state index contributed by atoms with van der Waals surface area (Å²) in [6.45, 7) is 9.29. The van der Waals surface area contributed by atoms with Crippen LogP contribution in [-0.4, -0.2) is 85.6 Å². The molecule has 0 aliphatic carbocycles. The number of aromatic nitrogens is 4. The normalized spacial score (nSPS) is 15.4. The Bertz CT molecular complexity index is 962. The van der Waals surface area contributed by atoms with Gasteiger partial charge in [-0.25, -0.2) is 14.6 Å². The minimum Gasteiger partial charge on any atom is -0.325 e. The zero-order valence-corrected chi connectivity index (χ0v) is 17.1. The molecule has 1 aliphatic heterocycles. The summed E-state index contributed by atoms with van der Waals surface area (Å²) in [7, 11) is 3.40. The van der Waals surface area contributed by atoms with E-state index < -0.39 is 11.2 Å². The monoisotopic (exact) mass is 391 g/mol. The van der Waals surface area contributed by atoms with Gasteiger partial charge in [-0.2, -0.15) is 0 Å². The number of imidazole rings is 1. The van der Waals surface area contributed by atoms with Crippen LogP contribution in [0.25, 0.3) is 11.2 Å². The number of carbonyl (C=O) groups is 1. The number of piperazine rings is 1. The summed E-state index contributed by atoms with van der Waals surface area (Å²) in [5.41, 5.74) is -0.0633. The summed E-state index contributed by atoms with van der Waals surface area (Å²) >= 11 is 0. The fraction of sp³-hybridized carbons (Fsp3) is 0.667. The summed E-state index contributed by atoms with van der Waals surface area (Å²) in [6.07, 6.45) is 0.669. The van der Waals surface area contributed by atoms with Crippen molar-refractivity contribution in [1.29, 1.82) is 0 Å². The molecule has 2 amide bonds. The van der Waals surface area contributed by atoms with Crippen LogP contribution in [0.15, 0.2) is 9.59 Å². The molecule has 10 nitrogen and oxygen atoms in total. The molecule has 0 radical (unpaired) electrons. The van der Waals surface area contributed by atoms with Crippen LogP contribution in [0, 0.1) is 0 Å². The molecule has 0 saturated carbocycles. The number of hydrogen-bond acceptors (Lipinski definition) is 5. The van der Waals surface area contributed by atoms with Crippen LogP contribution in [0.1, 0.15) is 19.7 Å². The lowest BCUT2D eigenvalue weighted by Gasteiger charge is -2.37. The molecule has 1 aliphatic rings. The summed E-state index contributed by atoms with van der Waals surface area (Å²) in [4.78, 5) is 49.2. The molecule has 0 aromatic carbocycles. The maximum absolute atomic E-state index is 12.4. The third kappa shape index (κ3) is 3.68. The van der Waals surface area contributed by atoms with Crippen molar-refractivity contribution in [1.82, 2.24) is 33.8 Å². The lowest BCUT2D eigenvalue weighted by atomic mass is 10.3. The van der Waals surface area contributed by atoms with Crippen LogP contribution in [0.3, 0.4) is 0 Å². The summed E-state index contributed by atoms with van der Waals surface area (Å²) in [6, 6.07) is 0.111. The Hall–Kier alpha value is -2.62. The highest BCUT2D eigenvalue weighted by Crippen LogP contribution is 2.11. The van der Waals surface area contributed by atoms with Crippen molar-refractivity contribution in [3.05, 3.63) is 26.7 Å². The molecule has 0 atom stereocenters. The molecule has 0 spiro atoms. The molecule has 28 heavy (non-hydrogen) atoms. The first kappa shape index (κ1) is 20.1. The fourth-order valence-electron chi connectivity index (χ4n) is 3.69. The number of aromatic amines is 1. The summed E-state index contributed by atoms with van der Waals surface area (Å²) < 4.78 is 3.12. The van der Waals surface area contributed by atoms with Crippen molar-refractivity contribution in [3.63, 3.8) is 0 Å². The van der Waals surface area contributed by atoms with Gasteiger partial charge in [-0.05, 0) is 13.8 Å². The van der Waals surface area contributed by atoms with E-state index in [1.54, 1.807) is 18.7 Å². The van der Waals surface area contributed by atoms with Gasteiger partial charge in [0.2, 0.25) is 0 Å². The third-order valence-corrected chi connectivity index (χ3v) is 5.56. The van der Waals surface area contributed by atoms with Crippen LogP contribution in [0.4, 0.5) is 4.79 Å². The smallest absolute Gasteiger partial charge is 0.325 e. The SMILES string of the molecule is CCN(CC)C(=O)N1CCN(CCc2nc3c(c(=O)[nH]c(=O)n3C)n2C)CC1. The van der Waals surface area contributed by atoms with Crippen LogP contribution in [0.2, 0.25) is 0 Å². The second-order valence-electron chi connectivity index (χ2n) is 7.11. The molecule has 3 rings (SSSR count). The van der Waals surface area contributed by atoms with E-state index in [4.69, 9.17) is 0 Å². The molecule has 0 bridgehead atoms. The number of rotatable bonds is 5. The fourth-order valence-corrected chi connectivity index (χ4v) is 3.69. The largest absolute Gasteiger partial charge is 0.329 e. The maximum atomic E-state index is 12.4. The Morgan fingerprint density at radius 1 is 1.07 bits per heavy atom. The van der Waals surface area contributed by atoms with Gasteiger partial charge in [-0.1, -0.05) is 0 Å². The van der Waals surface area contributed by atoms with E-state index in [9.17, 15) is 14.4 Å². The number of H-pyrrole nitrogens is 1. The Balaban J connectivity index is 1.63. The molecule has 0 unspecified atom stereocenters.